The summed E-state index contributed by atoms with van der Waals surface area (Å²) in [4.78, 5) is 0. The molecule has 0 fully saturated rings. The van der Waals surface area contributed by atoms with Gasteiger partial charge in [0.15, 0.2) is 0 Å². The normalized spacial score (nSPS) is 12.5. The van der Waals surface area contributed by atoms with E-state index in [0.717, 1.165) is 12.8 Å². The monoisotopic (exact) mass is 352 g/mol. The minimum absolute atomic E-state index is 0.177. The van der Waals surface area contributed by atoms with Crippen molar-refractivity contribution in [2.45, 2.75) is 19.8 Å². The van der Waals surface area contributed by atoms with E-state index in [-0.39, 0.29) is 12.4 Å². The van der Waals surface area contributed by atoms with Crippen LogP contribution in [0, 0.1) is 15.3 Å². The lowest BCUT2D eigenvalue weighted by Crippen LogP contribution is -2.16. The Morgan fingerprint density at radius 2 is 2.24 bits per heavy atom. The standard InChI is InChI=1S/C12H18FIN2O/c1-2-8(3-4-17)7-16-12-5-9(13)10(14)6-11(12)15/h5-6,8,16-17H,2-4,7,15H2,1H3. The van der Waals surface area contributed by atoms with Gasteiger partial charge in [0.05, 0.1) is 14.9 Å². The summed E-state index contributed by atoms with van der Waals surface area (Å²) in [5.74, 6) is 0.110. The van der Waals surface area contributed by atoms with Crippen molar-refractivity contribution in [3.05, 3.63) is 21.5 Å². The summed E-state index contributed by atoms with van der Waals surface area (Å²) < 4.78 is 13.9. The molecular formula is C12H18FIN2O. The van der Waals surface area contributed by atoms with Crippen LogP contribution < -0.4 is 11.1 Å². The average Bonchev–Trinajstić information content (AvgIpc) is 2.30. The molecule has 1 aromatic rings. The minimum atomic E-state index is -0.266. The molecule has 0 aliphatic heterocycles. The molecule has 0 aliphatic carbocycles. The Bertz CT molecular complexity index is 374. The first kappa shape index (κ1) is 14.5. The van der Waals surface area contributed by atoms with Crippen LogP contribution in [0.5, 0.6) is 0 Å². The second-order valence-corrected chi connectivity index (χ2v) is 5.18. The Morgan fingerprint density at radius 1 is 1.53 bits per heavy atom. The first-order chi connectivity index (χ1) is 8.08. The van der Waals surface area contributed by atoms with Gasteiger partial charge < -0.3 is 16.2 Å². The fourth-order valence-corrected chi connectivity index (χ4v) is 2.09. The summed E-state index contributed by atoms with van der Waals surface area (Å²) in [6, 6.07) is 3.04. The van der Waals surface area contributed by atoms with E-state index >= 15 is 0 Å². The van der Waals surface area contributed by atoms with Gasteiger partial charge in [-0.25, -0.2) is 4.39 Å². The molecule has 96 valence electrons. The second-order valence-electron chi connectivity index (χ2n) is 4.02. The van der Waals surface area contributed by atoms with Crippen molar-refractivity contribution in [2.75, 3.05) is 24.2 Å². The largest absolute Gasteiger partial charge is 0.397 e. The maximum atomic E-state index is 13.4. The first-order valence-electron chi connectivity index (χ1n) is 5.67. The zero-order valence-electron chi connectivity index (χ0n) is 9.84. The smallest absolute Gasteiger partial charge is 0.138 e. The van der Waals surface area contributed by atoms with Crippen LogP contribution in [0.25, 0.3) is 0 Å². The lowest BCUT2D eigenvalue weighted by atomic mass is 10.0. The Labute approximate surface area is 115 Å². The van der Waals surface area contributed by atoms with E-state index in [1.165, 1.54) is 6.07 Å². The summed E-state index contributed by atoms with van der Waals surface area (Å²) in [7, 11) is 0. The first-order valence-corrected chi connectivity index (χ1v) is 6.75. The van der Waals surface area contributed by atoms with E-state index < -0.39 is 0 Å². The molecule has 0 amide bonds. The van der Waals surface area contributed by atoms with Crippen molar-refractivity contribution in [3.63, 3.8) is 0 Å². The molecule has 0 aliphatic rings. The lowest BCUT2D eigenvalue weighted by molar-refractivity contribution is 0.258. The Morgan fingerprint density at radius 3 is 2.82 bits per heavy atom. The van der Waals surface area contributed by atoms with Gasteiger partial charge in [-0.1, -0.05) is 13.3 Å². The van der Waals surface area contributed by atoms with Crippen LogP contribution in [0.1, 0.15) is 19.8 Å². The van der Waals surface area contributed by atoms with E-state index in [4.69, 9.17) is 10.8 Å². The van der Waals surface area contributed by atoms with Crippen LogP contribution in [-0.2, 0) is 0 Å². The lowest BCUT2D eigenvalue weighted by Gasteiger charge is -2.16. The Hall–Kier alpha value is -0.560. The molecule has 0 saturated carbocycles. The summed E-state index contributed by atoms with van der Waals surface area (Å²) in [6.45, 7) is 2.94. The van der Waals surface area contributed by atoms with Gasteiger partial charge in [-0.15, -0.1) is 0 Å². The molecular weight excluding hydrogens is 334 g/mol. The number of nitrogens with two attached hydrogens (primary N) is 1. The minimum Gasteiger partial charge on any atom is -0.397 e. The highest BCUT2D eigenvalue weighted by Gasteiger charge is 2.09. The summed E-state index contributed by atoms with van der Waals surface area (Å²) in [5, 5.41) is 12.0. The molecule has 0 radical (unpaired) electrons. The molecule has 0 saturated heterocycles. The van der Waals surface area contributed by atoms with Crippen molar-refractivity contribution in [2.24, 2.45) is 5.92 Å². The number of rotatable bonds is 6. The van der Waals surface area contributed by atoms with Crippen LogP contribution in [0.2, 0.25) is 0 Å². The van der Waals surface area contributed by atoms with Gasteiger partial charge in [0, 0.05) is 19.2 Å². The van der Waals surface area contributed by atoms with Gasteiger partial charge >= 0.3 is 0 Å². The van der Waals surface area contributed by atoms with E-state index in [1.807, 2.05) is 22.6 Å². The molecule has 1 atom stereocenters. The highest BCUT2D eigenvalue weighted by atomic mass is 127. The number of hydrogen-bond donors (Lipinski definition) is 3. The van der Waals surface area contributed by atoms with E-state index in [2.05, 4.69) is 12.2 Å². The molecule has 5 heteroatoms. The highest BCUT2D eigenvalue weighted by molar-refractivity contribution is 14.1. The van der Waals surface area contributed by atoms with E-state index in [0.29, 0.717) is 27.4 Å². The number of nitrogen functional groups attached to an aromatic ring is 1. The number of aliphatic hydroxyl groups excluding tert-OH is 1. The van der Waals surface area contributed by atoms with Crippen molar-refractivity contribution >= 4 is 34.0 Å². The van der Waals surface area contributed by atoms with E-state index in [9.17, 15) is 4.39 Å². The predicted molar refractivity (Wildman–Crippen MR) is 77.5 cm³/mol. The SMILES string of the molecule is CCC(CCO)CNc1cc(F)c(I)cc1N. The molecule has 0 bridgehead atoms. The van der Waals surface area contributed by atoms with Gasteiger partial charge in [0.2, 0.25) is 0 Å². The number of hydrogen-bond acceptors (Lipinski definition) is 3. The number of aliphatic hydroxyl groups is 1. The van der Waals surface area contributed by atoms with Gasteiger partial charge in [0.25, 0.3) is 0 Å². The van der Waals surface area contributed by atoms with Gasteiger partial charge in [0.1, 0.15) is 5.82 Å². The average molecular weight is 352 g/mol. The Kier molecular flexibility index (Phi) is 5.97. The molecule has 3 nitrogen and oxygen atoms in total. The number of benzene rings is 1. The summed E-state index contributed by atoms with van der Waals surface area (Å²) >= 11 is 1.91. The quantitative estimate of drug-likeness (QED) is 0.545. The van der Waals surface area contributed by atoms with Crippen molar-refractivity contribution in [1.29, 1.82) is 0 Å². The van der Waals surface area contributed by atoms with Crippen LogP contribution in [0.3, 0.4) is 0 Å². The predicted octanol–water partition coefficient (Wildman–Crippen LogP) is 2.83. The molecule has 1 aromatic carbocycles. The maximum absolute atomic E-state index is 13.4. The zero-order chi connectivity index (χ0) is 12.8. The van der Waals surface area contributed by atoms with Crippen LogP contribution >= 0.6 is 22.6 Å². The van der Waals surface area contributed by atoms with Gasteiger partial charge in [-0.3, -0.25) is 0 Å². The molecule has 1 unspecified atom stereocenters. The van der Waals surface area contributed by atoms with Gasteiger partial charge in [-0.05, 0) is 41.0 Å². The highest BCUT2D eigenvalue weighted by Crippen LogP contribution is 2.24. The number of anilines is 2. The molecule has 0 heterocycles. The maximum Gasteiger partial charge on any atom is 0.138 e. The van der Waals surface area contributed by atoms with Crippen molar-refractivity contribution in [1.82, 2.24) is 0 Å². The molecule has 1 rings (SSSR count). The zero-order valence-corrected chi connectivity index (χ0v) is 12.0. The van der Waals surface area contributed by atoms with Crippen molar-refractivity contribution in [3.8, 4) is 0 Å². The molecule has 4 N–H and O–H groups in total. The summed E-state index contributed by atoms with van der Waals surface area (Å²) in [6.07, 6.45) is 1.72. The van der Waals surface area contributed by atoms with Crippen LogP contribution in [0.4, 0.5) is 15.8 Å². The molecule has 0 spiro atoms. The fraction of sp³-hybridized carbons (Fsp3) is 0.500. The second kappa shape index (κ2) is 7.00. The van der Waals surface area contributed by atoms with Crippen molar-refractivity contribution < 1.29 is 9.50 Å². The third kappa shape index (κ3) is 4.31. The fourth-order valence-electron chi connectivity index (χ4n) is 1.60. The third-order valence-corrected chi connectivity index (χ3v) is 3.62. The molecule has 0 aromatic heterocycles. The van der Waals surface area contributed by atoms with Gasteiger partial charge in [-0.2, -0.15) is 0 Å². The van der Waals surface area contributed by atoms with Crippen LogP contribution in [0.15, 0.2) is 12.1 Å². The Balaban J connectivity index is 2.65. The summed E-state index contributed by atoms with van der Waals surface area (Å²) in [5.41, 5.74) is 6.98. The number of halogens is 2. The third-order valence-electron chi connectivity index (χ3n) is 2.79. The topological polar surface area (TPSA) is 58.3 Å². The molecule has 17 heavy (non-hydrogen) atoms. The van der Waals surface area contributed by atoms with E-state index in [1.54, 1.807) is 6.07 Å². The number of nitrogens with one attached hydrogen (secondary N) is 1. The van der Waals surface area contributed by atoms with Crippen LogP contribution in [-0.4, -0.2) is 18.3 Å².